The normalized spacial score (nSPS) is 10.4. The maximum Gasteiger partial charge on any atom is 0.340 e. The van der Waals surface area contributed by atoms with E-state index in [4.69, 9.17) is 4.74 Å². The number of carbonyl (C=O) groups excluding carboxylic acids is 3. The molecule has 0 spiro atoms. The zero-order chi connectivity index (χ0) is 22.4. The van der Waals surface area contributed by atoms with Crippen molar-refractivity contribution >= 4 is 23.5 Å². The van der Waals surface area contributed by atoms with E-state index in [1.54, 1.807) is 24.3 Å². The molecule has 0 aliphatic heterocycles. The van der Waals surface area contributed by atoms with E-state index in [1.807, 2.05) is 32.0 Å². The zero-order valence-electron chi connectivity index (χ0n) is 17.4. The number of hydrogen-bond donors (Lipinski definition) is 1. The number of benzene rings is 2. The lowest BCUT2D eigenvalue weighted by Crippen LogP contribution is -2.37. The Hall–Kier alpha value is -4.08. The molecule has 10 heteroatoms. The van der Waals surface area contributed by atoms with E-state index in [1.165, 1.54) is 23.0 Å². The van der Waals surface area contributed by atoms with Gasteiger partial charge in [0.1, 0.15) is 6.33 Å². The number of hydrogen-bond acceptors (Lipinski definition) is 7. The molecule has 0 aliphatic rings. The Morgan fingerprint density at radius 1 is 1.06 bits per heavy atom. The van der Waals surface area contributed by atoms with Crippen LogP contribution >= 0.6 is 0 Å². The molecule has 0 saturated carbocycles. The molecule has 0 atom stereocenters. The van der Waals surface area contributed by atoms with Gasteiger partial charge >= 0.3 is 5.97 Å². The molecule has 1 aromatic heterocycles. The molecule has 160 valence electrons. The number of amides is 2. The number of ether oxygens (including phenoxy) is 1. The van der Waals surface area contributed by atoms with Crippen LogP contribution in [-0.2, 0) is 14.3 Å². The van der Waals surface area contributed by atoms with Gasteiger partial charge in [-0.05, 0) is 47.5 Å². The number of rotatable bonds is 7. The summed E-state index contributed by atoms with van der Waals surface area (Å²) in [6.45, 7) is 3.11. The van der Waals surface area contributed by atoms with E-state index in [0.717, 1.165) is 16.8 Å². The van der Waals surface area contributed by atoms with E-state index in [2.05, 4.69) is 20.8 Å². The van der Waals surface area contributed by atoms with Gasteiger partial charge in [-0.15, -0.1) is 5.10 Å². The number of carbonyl (C=O) groups is 3. The predicted octanol–water partition coefficient (Wildman–Crippen LogP) is 1.53. The van der Waals surface area contributed by atoms with Crippen LogP contribution in [0.15, 0.2) is 48.8 Å². The first-order chi connectivity index (χ1) is 14.9. The van der Waals surface area contributed by atoms with Gasteiger partial charge < -0.3 is 15.0 Å². The van der Waals surface area contributed by atoms with Gasteiger partial charge in [-0.3, -0.25) is 9.59 Å². The number of para-hydroxylation sites is 2. The highest BCUT2D eigenvalue weighted by Gasteiger charge is 2.19. The Morgan fingerprint density at radius 3 is 2.45 bits per heavy atom. The Bertz CT molecular complexity index is 1080. The molecule has 2 amide bonds. The lowest BCUT2D eigenvalue weighted by atomic mass is 10.1. The third kappa shape index (κ3) is 5.30. The number of nitrogens with one attached hydrogen (secondary N) is 1. The number of likely N-dealkylation sites (N-methyl/N-ethyl adjacent to an activating group) is 1. The van der Waals surface area contributed by atoms with Crippen LogP contribution in [-0.4, -0.2) is 63.1 Å². The number of anilines is 1. The van der Waals surface area contributed by atoms with Gasteiger partial charge in [0.2, 0.25) is 5.91 Å². The number of esters is 1. The first-order valence-corrected chi connectivity index (χ1v) is 9.46. The molecule has 1 N–H and O–H groups in total. The molecule has 0 aliphatic carbocycles. The summed E-state index contributed by atoms with van der Waals surface area (Å²) in [5.74, 6) is -1.55. The fourth-order valence-electron chi connectivity index (χ4n) is 2.93. The molecule has 2 aromatic carbocycles. The van der Waals surface area contributed by atoms with Crippen LogP contribution in [0.1, 0.15) is 21.5 Å². The smallest absolute Gasteiger partial charge is 0.340 e. The molecule has 0 bridgehead atoms. The minimum absolute atomic E-state index is 0.175. The SMILES string of the molecule is Cc1cccc(C)c1NC(=O)CN(C)C(=O)COC(=O)c1ccccc1-n1cnnn1. The predicted molar refractivity (Wildman–Crippen MR) is 112 cm³/mol. The van der Waals surface area contributed by atoms with E-state index in [9.17, 15) is 14.4 Å². The molecule has 0 radical (unpaired) electrons. The van der Waals surface area contributed by atoms with Crippen molar-refractivity contribution in [1.29, 1.82) is 0 Å². The number of nitrogens with zero attached hydrogens (tertiary/aromatic N) is 5. The van der Waals surface area contributed by atoms with Crippen molar-refractivity contribution in [2.45, 2.75) is 13.8 Å². The van der Waals surface area contributed by atoms with Crippen LogP contribution in [0.2, 0.25) is 0 Å². The summed E-state index contributed by atoms with van der Waals surface area (Å²) < 4.78 is 6.47. The third-order valence-corrected chi connectivity index (χ3v) is 4.60. The Morgan fingerprint density at radius 2 is 1.77 bits per heavy atom. The third-order valence-electron chi connectivity index (χ3n) is 4.60. The zero-order valence-corrected chi connectivity index (χ0v) is 17.4. The molecule has 0 saturated heterocycles. The summed E-state index contributed by atoms with van der Waals surface area (Å²) >= 11 is 0. The second kappa shape index (κ2) is 9.61. The van der Waals surface area contributed by atoms with Crippen molar-refractivity contribution < 1.29 is 19.1 Å². The van der Waals surface area contributed by atoms with Crippen LogP contribution in [0.4, 0.5) is 5.69 Å². The standard InChI is InChI=1S/C21H22N6O4/c1-14-7-6-8-15(2)20(14)23-18(28)11-26(3)19(29)12-31-21(30)16-9-4-5-10-17(16)27-13-22-24-25-27/h4-10,13H,11-12H2,1-3H3,(H,23,28). The van der Waals surface area contributed by atoms with Crippen LogP contribution in [0.5, 0.6) is 0 Å². The lowest BCUT2D eigenvalue weighted by Gasteiger charge is -2.18. The molecule has 0 fully saturated rings. The van der Waals surface area contributed by atoms with Crippen LogP contribution in [0.25, 0.3) is 5.69 Å². The molecule has 3 aromatic rings. The fraction of sp³-hybridized carbons (Fsp3) is 0.238. The van der Waals surface area contributed by atoms with Crippen LogP contribution in [0, 0.1) is 13.8 Å². The average molecular weight is 422 g/mol. The minimum Gasteiger partial charge on any atom is -0.452 e. The highest BCUT2D eigenvalue weighted by Crippen LogP contribution is 2.19. The highest BCUT2D eigenvalue weighted by molar-refractivity contribution is 5.97. The molecule has 1 heterocycles. The number of tetrazole rings is 1. The summed E-state index contributed by atoms with van der Waals surface area (Å²) in [6.07, 6.45) is 1.35. The van der Waals surface area contributed by atoms with Gasteiger partial charge in [0.05, 0.1) is 17.8 Å². The molecule has 0 unspecified atom stereocenters. The second-order valence-corrected chi connectivity index (χ2v) is 6.91. The molecular weight excluding hydrogens is 400 g/mol. The van der Waals surface area contributed by atoms with Crippen molar-refractivity contribution in [3.05, 3.63) is 65.5 Å². The molecule has 3 rings (SSSR count). The minimum atomic E-state index is -0.701. The van der Waals surface area contributed by atoms with Gasteiger partial charge in [-0.1, -0.05) is 30.3 Å². The summed E-state index contributed by atoms with van der Waals surface area (Å²) in [5.41, 5.74) is 3.21. The van der Waals surface area contributed by atoms with Gasteiger partial charge in [-0.2, -0.15) is 4.68 Å². The average Bonchev–Trinajstić information content (AvgIpc) is 3.29. The van der Waals surface area contributed by atoms with E-state index >= 15 is 0 Å². The van der Waals surface area contributed by atoms with E-state index in [-0.39, 0.29) is 18.0 Å². The summed E-state index contributed by atoms with van der Waals surface area (Å²) in [5, 5.41) is 13.7. The molecular formula is C21H22N6O4. The molecule has 10 nitrogen and oxygen atoms in total. The van der Waals surface area contributed by atoms with Crippen LogP contribution in [0.3, 0.4) is 0 Å². The number of aromatic nitrogens is 4. The Kier molecular flexibility index (Phi) is 6.71. The largest absolute Gasteiger partial charge is 0.452 e. The van der Waals surface area contributed by atoms with Crippen molar-refractivity contribution in [3.8, 4) is 5.69 Å². The monoisotopic (exact) mass is 422 g/mol. The van der Waals surface area contributed by atoms with E-state index < -0.39 is 18.5 Å². The van der Waals surface area contributed by atoms with E-state index in [0.29, 0.717) is 5.69 Å². The maximum absolute atomic E-state index is 12.5. The fourth-order valence-corrected chi connectivity index (χ4v) is 2.93. The van der Waals surface area contributed by atoms with Crippen LogP contribution < -0.4 is 5.32 Å². The maximum atomic E-state index is 12.5. The molecule has 31 heavy (non-hydrogen) atoms. The second-order valence-electron chi connectivity index (χ2n) is 6.91. The van der Waals surface area contributed by atoms with Crippen molar-refractivity contribution in [2.75, 3.05) is 25.5 Å². The Balaban J connectivity index is 1.56. The highest BCUT2D eigenvalue weighted by atomic mass is 16.5. The quantitative estimate of drug-likeness (QED) is 0.574. The Labute approximate surface area is 178 Å². The summed E-state index contributed by atoms with van der Waals surface area (Å²) in [6, 6.07) is 12.3. The summed E-state index contributed by atoms with van der Waals surface area (Å²) in [7, 11) is 1.47. The van der Waals surface area contributed by atoms with Gasteiger partial charge in [0.25, 0.3) is 5.91 Å². The van der Waals surface area contributed by atoms with Crippen molar-refractivity contribution in [3.63, 3.8) is 0 Å². The van der Waals surface area contributed by atoms with Crippen molar-refractivity contribution in [2.24, 2.45) is 0 Å². The first-order valence-electron chi connectivity index (χ1n) is 9.46. The van der Waals surface area contributed by atoms with Gasteiger partial charge in [-0.25, -0.2) is 4.79 Å². The summed E-state index contributed by atoms with van der Waals surface area (Å²) in [4.78, 5) is 38.3. The topological polar surface area (TPSA) is 119 Å². The number of aryl methyl sites for hydroxylation is 2. The van der Waals surface area contributed by atoms with Gasteiger partial charge in [0.15, 0.2) is 6.61 Å². The van der Waals surface area contributed by atoms with Crippen molar-refractivity contribution in [1.82, 2.24) is 25.1 Å². The first kappa shape index (κ1) is 21.6. The van der Waals surface area contributed by atoms with Gasteiger partial charge in [0, 0.05) is 12.7 Å². The lowest BCUT2D eigenvalue weighted by molar-refractivity contribution is -0.136.